The molecule has 146 valence electrons. The Balaban J connectivity index is 1.50. The third-order valence-electron chi connectivity index (χ3n) is 5.01. The second-order valence-corrected chi connectivity index (χ2v) is 6.88. The molecule has 3 rings (SSSR count). The van der Waals surface area contributed by atoms with Gasteiger partial charge in [-0.25, -0.2) is 4.39 Å². The van der Waals surface area contributed by atoms with E-state index in [1.165, 1.54) is 31.4 Å². The summed E-state index contributed by atoms with van der Waals surface area (Å²) in [5, 5.41) is 6.76. The first-order valence-corrected chi connectivity index (χ1v) is 9.72. The summed E-state index contributed by atoms with van der Waals surface area (Å²) >= 11 is 0. The van der Waals surface area contributed by atoms with Gasteiger partial charge in [0.1, 0.15) is 11.6 Å². The lowest BCUT2D eigenvalue weighted by atomic mass is 10.1. The first-order chi connectivity index (χ1) is 13.3. The Hall–Kier alpha value is -2.34. The Kier molecular flexibility index (Phi) is 7.27. The van der Waals surface area contributed by atoms with Gasteiger partial charge >= 0.3 is 0 Å². The van der Waals surface area contributed by atoms with Gasteiger partial charge in [-0.05, 0) is 62.2 Å². The summed E-state index contributed by atoms with van der Waals surface area (Å²) in [6.07, 6.45) is 6.34. The zero-order valence-corrected chi connectivity index (χ0v) is 16.0. The average molecular weight is 372 g/mol. The van der Waals surface area contributed by atoms with Crippen LogP contribution in [0.2, 0.25) is 0 Å². The van der Waals surface area contributed by atoms with E-state index in [0.29, 0.717) is 0 Å². The molecule has 0 radical (unpaired) electrons. The number of halogens is 1. The molecule has 0 saturated carbocycles. The Morgan fingerprint density at radius 1 is 1.15 bits per heavy atom. The van der Waals surface area contributed by atoms with Crippen LogP contribution in [0.3, 0.4) is 0 Å². The number of guanidine groups is 1. The zero-order chi connectivity index (χ0) is 18.9. The molecular weight excluding hydrogens is 343 g/mol. The lowest BCUT2D eigenvalue weighted by Crippen LogP contribution is -2.44. The van der Waals surface area contributed by atoms with Crippen LogP contribution in [-0.4, -0.2) is 44.1 Å². The molecule has 1 atom stereocenters. The minimum atomic E-state index is -0.203. The van der Waals surface area contributed by atoms with Crippen molar-refractivity contribution >= 4 is 5.96 Å². The Morgan fingerprint density at radius 3 is 2.59 bits per heavy atom. The Labute approximate surface area is 160 Å². The minimum absolute atomic E-state index is 0.203. The van der Waals surface area contributed by atoms with Crippen LogP contribution in [0.1, 0.15) is 36.6 Å². The third-order valence-corrected chi connectivity index (χ3v) is 5.01. The van der Waals surface area contributed by atoms with E-state index >= 15 is 0 Å². The summed E-state index contributed by atoms with van der Waals surface area (Å²) < 4.78 is 18.7. The van der Waals surface area contributed by atoms with Crippen molar-refractivity contribution in [3.8, 4) is 0 Å². The highest BCUT2D eigenvalue weighted by atomic mass is 19.1. The lowest BCUT2D eigenvalue weighted by molar-refractivity contribution is 0.146. The molecule has 5 nitrogen and oxygen atoms in total. The van der Waals surface area contributed by atoms with E-state index in [1.54, 1.807) is 13.3 Å². The van der Waals surface area contributed by atoms with Gasteiger partial charge in [-0.2, -0.15) is 0 Å². The van der Waals surface area contributed by atoms with Gasteiger partial charge in [-0.3, -0.25) is 9.89 Å². The predicted octanol–water partition coefficient (Wildman–Crippen LogP) is 3.35. The topological polar surface area (TPSA) is 52.8 Å². The van der Waals surface area contributed by atoms with Gasteiger partial charge in [0, 0.05) is 20.1 Å². The summed E-state index contributed by atoms with van der Waals surface area (Å²) in [5.41, 5.74) is 1.10. The number of nitrogens with zero attached hydrogens (tertiary/aromatic N) is 2. The molecule has 0 bridgehead atoms. The molecule has 1 aromatic heterocycles. The number of piperidine rings is 1. The van der Waals surface area contributed by atoms with Crippen molar-refractivity contribution in [1.29, 1.82) is 0 Å². The van der Waals surface area contributed by atoms with E-state index in [9.17, 15) is 4.39 Å². The highest BCUT2D eigenvalue weighted by Gasteiger charge is 2.24. The van der Waals surface area contributed by atoms with Gasteiger partial charge in [0.2, 0.25) is 0 Å². The van der Waals surface area contributed by atoms with Crippen molar-refractivity contribution in [1.82, 2.24) is 15.5 Å². The SMILES string of the molecule is CN=C(NCCc1ccc(F)cc1)NCC(c1ccco1)N1CCCCC1. The molecule has 1 fully saturated rings. The van der Waals surface area contributed by atoms with Crippen LogP contribution in [-0.2, 0) is 6.42 Å². The van der Waals surface area contributed by atoms with E-state index in [4.69, 9.17) is 4.42 Å². The standard InChI is InChI=1S/C21H29FN4O/c1-23-21(24-12-11-17-7-9-18(22)10-8-17)25-16-19(20-6-5-15-27-20)26-13-3-2-4-14-26/h5-10,15,19H,2-4,11-14,16H2,1H3,(H2,23,24,25). The molecule has 1 unspecified atom stereocenters. The lowest BCUT2D eigenvalue weighted by Gasteiger charge is -2.33. The molecule has 0 aliphatic carbocycles. The maximum absolute atomic E-state index is 13.0. The van der Waals surface area contributed by atoms with Gasteiger partial charge in [0.25, 0.3) is 0 Å². The van der Waals surface area contributed by atoms with Crippen molar-refractivity contribution in [2.75, 3.05) is 33.2 Å². The first-order valence-electron chi connectivity index (χ1n) is 9.72. The fourth-order valence-electron chi connectivity index (χ4n) is 3.51. The van der Waals surface area contributed by atoms with Crippen molar-refractivity contribution in [2.45, 2.75) is 31.7 Å². The van der Waals surface area contributed by atoms with E-state index in [1.807, 2.05) is 24.3 Å². The number of benzene rings is 1. The molecule has 1 aliphatic heterocycles. The van der Waals surface area contributed by atoms with Crippen LogP contribution in [0.15, 0.2) is 52.1 Å². The maximum Gasteiger partial charge on any atom is 0.191 e. The summed E-state index contributed by atoms with van der Waals surface area (Å²) in [5.74, 6) is 1.56. The normalized spacial score (nSPS) is 16.9. The molecule has 6 heteroatoms. The quantitative estimate of drug-likeness (QED) is 0.578. The highest BCUT2D eigenvalue weighted by molar-refractivity contribution is 5.79. The molecule has 1 aliphatic rings. The van der Waals surface area contributed by atoms with Crippen LogP contribution >= 0.6 is 0 Å². The number of hydrogen-bond acceptors (Lipinski definition) is 3. The summed E-state index contributed by atoms with van der Waals surface area (Å²) in [4.78, 5) is 6.80. The van der Waals surface area contributed by atoms with E-state index in [2.05, 4.69) is 20.5 Å². The second kappa shape index (κ2) is 10.1. The van der Waals surface area contributed by atoms with Gasteiger partial charge in [-0.15, -0.1) is 0 Å². The van der Waals surface area contributed by atoms with E-state index < -0.39 is 0 Å². The summed E-state index contributed by atoms with van der Waals surface area (Å²) in [6.45, 7) is 3.68. The summed E-state index contributed by atoms with van der Waals surface area (Å²) in [6, 6.07) is 10.8. The number of likely N-dealkylation sites (tertiary alicyclic amines) is 1. The molecule has 2 aromatic rings. The van der Waals surface area contributed by atoms with Crippen molar-refractivity contribution in [3.05, 3.63) is 59.8 Å². The van der Waals surface area contributed by atoms with Gasteiger partial charge in [0.05, 0.1) is 12.3 Å². The number of nitrogens with one attached hydrogen (secondary N) is 2. The van der Waals surface area contributed by atoms with Gasteiger partial charge < -0.3 is 15.1 Å². The fraction of sp³-hybridized carbons (Fsp3) is 0.476. The van der Waals surface area contributed by atoms with Crippen LogP contribution < -0.4 is 10.6 Å². The van der Waals surface area contributed by atoms with E-state index in [-0.39, 0.29) is 11.9 Å². The van der Waals surface area contributed by atoms with Crippen molar-refractivity contribution in [2.24, 2.45) is 4.99 Å². The zero-order valence-electron chi connectivity index (χ0n) is 16.0. The Bertz CT molecular complexity index is 693. The maximum atomic E-state index is 13.0. The fourth-order valence-corrected chi connectivity index (χ4v) is 3.51. The van der Waals surface area contributed by atoms with Crippen molar-refractivity contribution in [3.63, 3.8) is 0 Å². The monoisotopic (exact) mass is 372 g/mol. The molecule has 27 heavy (non-hydrogen) atoms. The molecule has 2 N–H and O–H groups in total. The van der Waals surface area contributed by atoms with Gasteiger partial charge in [-0.1, -0.05) is 18.6 Å². The second-order valence-electron chi connectivity index (χ2n) is 6.88. The number of aliphatic imine (C=N–C) groups is 1. The molecule has 0 spiro atoms. The smallest absolute Gasteiger partial charge is 0.191 e. The summed E-state index contributed by atoms with van der Waals surface area (Å²) in [7, 11) is 1.77. The number of hydrogen-bond donors (Lipinski definition) is 2. The minimum Gasteiger partial charge on any atom is -0.468 e. The molecular formula is C21H29FN4O. The molecule has 1 aromatic carbocycles. The van der Waals surface area contributed by atoms with Crippen molar-refractivity contribution < 1.29 is 8.81 Å². The number of rotatable bonds is 7. The van der Waals surface area contributed by atoms with Crippen LogP contribution in [0, 0.1) is 5.82 Å². The predicted molar refractivity (Wildman–Crippen MR) is 106 cm³/mol. The van der Waals surface area contributed by atoms with Crippen LogP contribution in [0.5, 0.6) is 0 Å². The molecule has 2 heterocycles. The first kappa shape index (κ1) is 19.4. The molecule has 1 saturated heterocycles. The number of furan rings is 1. The van der Waals surface area contributed by atoms with Crippen LogP contribution in [0.4, 0.5) is 4.39 Å². The van der Waals surface area contributed by atoms with Crippen LogP contribution in [0.25, 0.3) is 0 Å². The largest absolute Gasteiger partial charge is 0.468 e. The molecule has 0 amide bonds. The highest BCUT2D eigenvalue weighted by Crippen LogP contribution is 2.24. The Morgan fingerprint density at radius 2 is 1.93 bits per heavy atom. The van der Waals surface area contributed by atoms with Gasteiger partial charge in [0.15, 0.2) is 5.96 Å². The third kappa shape index (κ3) is 5.82. The van der Waals surface area contributed by atoms with E-state index in [0.717, 1.165) is 49.9 Å². The average Bonchev–Trinajstić information content (AvgIpc) is 3.23.